The number of nitrogens with zero attached hydrogens (tertiary/aromatic N) is 2. The molecule has 0 spiro atoms. The second-order valence-electron chi connectivity index (χ2n) is 5.75. The third-order valence-electron chi connectivity index (χ3n) is 3.29. The van der Waals surface area contributed by atoms with Gasteiger partial charge in [-0.15, -0.1) is 10.2 Å². The highest BCUT2D eigenvalue weighted by atomic mass is 16.4. The first kappa shape index (κ1) is 15.2. The molecule has 0 aliphatic carbocycles. The van der Waals surface area contributed by atoms with Crippen LogP contribution >= 0.6 is 0 Å². The number of para-hydroxylation sites is 1. The number of nitrogens with one attached hydrogen (secondary N) is 1. The summed E-state index contributed by atoms with van der Waals surface area (Å²) in [6.45, 7) is 10.0. The Morgan fingerprint density at radius 2 is 1.86 bits per heavy atom. The lowest BCUT2D eigenvalue weighted by molar-refractivity contribution is 0.0988. The third-order valence-corrected chi connectivity index (χ3v) is 3.29. The van der Waals surface area contributed by atoms with Crippen molar-refractivity contribution in [3.05, 3.63) is 41.1 Å². The molecule has 0 saturated carbocycles. The van der Waals surface area contributed by atoms with Crippen LogP contribution in [0, 0.1) is 6.92 Å². The summed E-state index contributed by atoms with van der Waals surface area (Å²) in [5.41, 5.74) is 2.92. The van der Waals surface area contributed by atoms with Gasteiger partial charge in [-0.25, -0.2) is 0 Å². The lowest BCUT2D eigenvalue weighted by Crippen LogP contribution is -2.15. The van der Waals surface area contributed by atoms with E-state index < -0.39 is 0 Å². The number of benzene rings is 1. The summed E-state index contributed by atoms with van der Waals surface area (Å²) in [5.74, 6) is 0.508. The molecule has 0 fully saturated rings. The number of aromatic nitrogens is 2. The predicted molar refractivity (Wildman–Crippen MR) is 81.6 cm³/mol. The van der Waals surface area contributed by atoms with Crippen LogP contribution in [0.2, 0.25) is 0 Å². The molecular weight excluding hydrogens is 266 g/mol. The molecule has 1 N–H and O–H groups in total. The van der Waals surface area contributed by atoms with Crippen molar-refractivity contribution < 1.29 is 9.21 Å². The molecule has 1 heterocycles. The van der Waals surface area contributed by atoms with E-state index in [-0.39, 0.29) is 17.7 Å². The lowest BCUT2D eigenvalue weighted by Gasteiger charge is -2.15. The number of amides is 1. The average Bonchev–Trinajstić information content (AvgIpc) is 2.90. The Kier molecular flexibility index (Phi) is 4.40. The zero-order valence-corrected chi connectivity index (χ0v) is 13.1. The predicted octanol–water partition coefficient (Wildman–Crippen LogP) is 3.88. The van der Waals surface area contributed by atoms with E-state index in [1.807, 2.05) is 39.0 Å². The van der Waals surface area contributed by atoms with Crippen molar-refractivity contribution in [1.29, 1.82) is 0 Å². The molecule has 0 aliphatic rings. The van der Waals surface area contributed by atoms with Crippen LogP contribution in [0.3, 0.4) is 0 Å². The second-order valence-corrected chi connectivity index (χ2v) is 5.75. The van der Waals surface area contributed by atoms with Crippen LogP contribution in [0.25, 0.3) is 0 Å². The summed E-state index contributed by atoms with van der Waals surface area (Å²) in [4.78, 5) is 12.3. The lowest BCUT2D eigenvalue weighted by atomic mass is 9.98. The molecule has 0 bridgehead atoms. The largest absolute Gasteiger partial charge is 0.417 e. The van der Waals surface area contributed by atoms with E-state index in [2.05, 4.69) is 29.4 Å². The summed E-state index contributed by atoms with van der Waals surface area (Å²) < 4.78 is 5.39. The van der Waals surface area contributed by atoms with Crippen LogP contribution in [0.1, 0.15) is 67.2 Å². The number of hydrogen-bond donors (Lipinski definition) is 1. The quantitative estimate of drug-likeness (QED) is 0.926. The van der Waals surface area contributed by atoms with E-state index in [0.717, 1.165) is 16.8 Å². The summed E-state index contributed by atoms with van der Waals surface area (Å²) in [6, 6.07) is 5.97. The fourth-order valence-corrected chi connectivity index (χ4v) is 2.07. The highest BCUT2D eigenvalue weighted by molar-refractivity contribution is 6.01. The van der Waals surface area contributed by atoms with Crippen molar-refractivity contribution in [1.82, 2.24) is 10.2 Å². The Labute approximate surface area is 124 Å². The van der Waals surface area contributed by atoms with Gasteiger partial charge in [0.1, 0.15) is 0 Å². The molecule has 0 saturated heterocycles. The number of carbonyl (C=O) groups is 1. The van der Waals surface area contributed by atoms with Gasteiger partial charge in [0.2, 0.25) is 5.89 Å². The molecule has 112 valence electrons. The van der Waals surface area contributed by atoms with E-state index in [9.17, 15) is 4.79 Å². The Balaban J connectivity index is 2.27. The van der Waals surface area contributed by atoms with Crippen LogP contribution in [0.15, 0.2) is 22.6 Å². The zero-order chi connectivity index (χ0) is 15.6. The topological polar surface area (TPSA) is 68.0 Å². The maximum absolute atomic E-state index is 12.3. The standard InChI is InChI=1S/C16H21N3O2/c1-9(2)12-8-6-7-11(5)13(12)17-14(20)16-19-18-15(21-16)10(3)4/h6-10H,1-5H3,(H,17,20). The van der Waals surface area contributed by atoms with Gasteiger partial charge in [-0.2, -0.15) is 0 Å². The molecule has 5 heteroatoms. The van der Waals surface area contributed by atoms with Gasteiger partial charge in [-0.1, -0.05) is 45.9 Å². The van der Waals surface area contributed by atoms with Crippen molar-refractivity contribution in [3.8, 4) is 0 Å². The minimum Gasteiger partial charge on any atom is -0.417 e. The van der Waals surface area contributed by atoms with Gasteiger partial charge in [-0.05, 0) is 24.0 Å². The van der Waals surface area contributed by atoms with Gasteiger partial charge in [-0.3, -0.25) is 4.79 Å². The van der Waals surface area contributed by atoms with Crippen molar-refractivity contribution in [3.63, 3.8) is 0 Å². The molecule has 0 radical (unpaired) electrons. The number of hydrogen-bond acceptors (Lipinski definition) is 4. The second kappa shape index (κ2) is 6.08. The van der Waals surface area contributed by atoms with E-state index in [1.165, 1.54) is 0 Å². The molecule has 2 rings (SSSR count). The molecule has 1 aromatic heterocycles. The molecule has 21 heavy (non-hydrogen) atoms. The van der Waals surface area contributed by atoms with Gasteiger partial charge >= 0.3 is 11.8 Å². The number of aryl methyl sites for hydroxylation is 1. The van der Waals surface area contributed by atoms with E-state index in [1.54, 1.807) is 0 Å². The smallest absolute Gasteiger partial charge is 0.313 e. The van der Waals surface area contributed by atoms with Crippen molar-refractivity contribution >= 4 is 11.6 Å². The zero-order valence-electron chi connectivity index (χ0n) is 13.1. The van der Waals surface area contributed by atoms with Gasteiger partial charge in [0.15, 0.2) is 0 Å². The average molecular weight is 287 g/mol. The van der Waals surface area contributed by atoms with Crippen LogP contribution in [-0.4, -0.2) is 16.1 Å². The first-order valence-corrected chi connectivity index (χ1v) is 7.14. The Hall–Kier alpha value is -2.17. The van der Waals surface area contributed by atoms with Crippen molar-refractivity contribution in [2.24, 2.45) is 0 Å². The van der Waals surface area contributed by atoms with Crippen molar-refractivity contribution in [2.75, 3.05) is 5.32 Å². The molecule has 1 amide bonds. The fraction of sp³-hybridized carbons (Fsp3) is 0.438. The first-order valence-electron chi connectivity index (χ1n) is 7.14. The van der Waals surface area contributed by atoms with E-state index >= 15 is 0 Å². The first-order chi connectivity index (χ1) is 9.90. The summed E-state index contributed by atoms with van der Waals surface area (Å²) >= 11 is 0. The maximum atomic E-state index is 12.3. The Morgan fingerprint density at radius 1 is 1.14 bits per heavy atom. The molecule has 0 unspecified atom stereocenters. The van der Waals surface area contributed by atoms with Crippen LogP contribution in [0.5, 0.6) is 0 Å². The highest BCUT2D eigenvalue weighted by Gasteiger charge is 2.19. The van der Waals surface area contributed by atoms with Crippen LogP contribution in [-0.2, 0) is 0 Å². The molecule has 2 aromatic rings. The molecule has 5 nitrogen and oxygen atoms in total. The number of anilines is 1. The van der Waals surface area contributed by atoms with Gasteiger partial charge in [0.05, 0.1) is 0 Å². The van der Waals surface area contributed by atoms with Crippen LogP contribution in [0.4, 0.5) is 5.69 Å². The van der Waals surface area contributed by atoms with Gasteiger partial charge < -0.3 is 9.73 Å². The van der Waals surface area contributed by atoms with E-state index in [4.69, 9.17) is 4.42 Å². The SMILES string of the molecule is Cc1cccc(C(C)C)c1NC(=O)c1nnc(C(C)C)o1. The monoisotopic (exact) mass is 287 g/mol. The molecule has 0 aliphatic heterocycles. The Morgan fingerprint density at radius 3 is 2.43 bits per heavy atom. The van der Waals surface area contributed by atoms with Crippen molar-refractivity contribution in [2.45, 2.75) is 46.5 Å². The third kappa shape index (κ3) is 3.29. The summed E-state index contributed by atoms with van der Waals surface area (Å²) in [7, 11) is 0. The molecular formula is C16H21N3O2. The Bertz CT molecular complexity index is 645. The molecule has 1 aromatic carbocycles. The van der Waals surface area contributed by atoms with Gasteiger partial charge in [0, 0.05) is 11.6 Å². The minimum absolute atomic E-state index is 0.00309. The van der Waals surface area contributed by atoms with E-state index in [0.29, 0.717) is 11.8 Å². The normalized spacial score (nSPS) is 11.2. The summed E-state index contributed by atoms with van der Waals surface area (Å²) in [5, 5.41) is 10.6. The molecule has 0 atom stereocenters. The highest BCUT2D eigenvalue weighted by Crippen LogP contribution is 2.27. The summed E-state index contributed by atoms with van der Waals surface area (Å²) in [6.07, 6.45) is 0. The van der Waals surface area contributed by atoms with Crippen LogP contribution < -0.4 is 5.32 Å². The maximum Gasteiger partial charge on any atom is 0.313 e. The number of carbonyl (C=O) groups excluding carboxylic acids is 1. The van der Waals surface area contributed by atoms with Gasteiger partial charge in [0.25, 0.3) is 0 Å². The minimum atomic E-state index is -0.370. The number of rotatable bonds is 4. The fourth-order valence-electron chi connectivity index (χ4n) is 2.07.